The summed E-state index contributed by atoms with van der Waals surface area (Å²) < 4.78 is 24.3. The third-order valence-corrected chi connectivity index (χ3v) is 6.11. The van der Waals surface area contributed by atoms with Crippen molar-refractivity contribution in [3.05, 3.63) is 12.7 Å². The van der Waals surface area contributed by atoms with Crippen molar-refractivity contribution in [1.82, 2.24) is 24.6 Å². The van der Waals surface area contributed by atoms with Gasteiger partial charge in [-0.3, -0.25) is 18.9 Å². The minimum atomic E-state index is -4.64. The molecule has 188 valence electrons. The van der Waals surface area contributed by atoms with Crippen LogP contribution in [0.25, 0.3) is 11.2 Å². The van der Waals surface area contributed by atoms with Crippen LogP contribution in [0, 0.1) is 0 Å². The molecule has 1 aliphatic heterocycles. The van der Waals surface area contributed by atoms with Gasteiger partial charge in [-0.2, -0.15) is 0 Å². The predicted octanol–water partition coefficient (Wildman–Crippen LogP) is -2.76. The summed E-state index contributed by atoms with van der Waals surface area (Å²) in [6.45, 7) is -0.509. The van der Waals surface area contributed by atoms with E-state index in [1.54, 1.807) is 0 Å². The standard InChI is InChI=1S/C16H26N9O8P/c17-12-9-13(22-5-21-12)25(6-23-9)14-11(27)10(26)8(33-14)4-32-34(30,31)24-7(15(28)29)2-1-3-20-16(18)19/h5-8,10-11,14,26-27H,1-4H2,(H,28,29)(H2,17,21,22)(H4,18,19,20)(H2,24,30,31)/t7-,8+,10+,11+,14+/m0/s1. The van der Waals surface area contributed by atoms with Crippen LogP contribution in [0.4, 0.5) is 5.82 Å². The maximum atomic E-state index is 12.4. The topological polar surface area (TPSA) is 280 Å². The lowest BCUT2D eigenvalue weighted by Crippen LogP contribution is -2.37. The molecule has 34 heavy (non-hydrogen) atoms. The van der Waals surface area contributed by atoms with Crippen LogP contribution in [0.15, 0.2) is 17.6 Å². The lowest BCUT2D eigenvalue weighted by atomic mass is 10.1. The predicted molar refractivity (Wildman–Crippen MR) is 116 cm³/mol. The van der Waals surface area contributed by atoms with E-state index in [-0.39, 0.29) is 42.3 Å². The maximum absolute atomic E-state index is 12.4. The zero-order chi connectivity index (χ0) is 25.0. The van der Waals surface area contributed by atoms with Crippen LogP contribution in [-0.2, 0) is 18.6 Å². The number of ether oxygens (including phenoxy) is 1. The molecule has 0 radical (unpaired) electrons. The van der Waals surface area contributed by atoms with E-state index in [0.717, 1.165) is 0 Å². The first-order chi connectivity index (χ1) is 16.0. The number of imidazole rings is 1. The quantitative estimate of drug-likeness (QED) is 0.0667. The van der Waals surface area contributed by atoms with Gasteiger partial charge in [0.15, 0.2) is 23.7 Å². The number of aromatic nitrogens is 4. The SMILES string of the molecule is NC(N)=NCCC[C@H](NP(=O)(O)OC[C@H]1O[C@@H](n2cnc3c(N)ncnc32)[C@H](O)[C@@H]1O)C(=O)O. The zero-order valence-corrected chi connectivity index (χ0v) is 18.6. The second-order valence-corrected chi connectivity index (χ2v) is 8.97. The second-order valence-electron chi connectivity index (χ2n) is 7.41. The summed E-state index contributed by atoms with van der Waals surface area (Å²) >= 11 is 0. The Morgan fingerprint density at radius 1 is 1.32 bits per heavy atom. The Morgan fingerprint density at radius 2 is 2.06 bits per heavy atom. The first-order valence-corrected chi connectivity index (χ1v) is 11.6. The number of nitrogen functional groups attached to an aromatic ring is 1. The van der Waals surface area contributed by atoms with E-state index in [2.05, 4.69) is 19.9 Å². The number of aliphatic carboxylic acids is 1. The van der Waals surface area contributed by atoms with Gasteiger partial charge in [0.05, 0.1) is 12.9 Å². The Kier molecular flexibility index (Phi) is 7.98. The van der Waals surface area contributed by atoms with E-state index >= 15 is 0 Å². The lowest BCUT2D eigenvalue weighted by Gasteiger charge is -2.21. The summed E-state index contributed by atoms with van der Waals surface area (Å²) in [6.07, 6.45) is -2.72. The molecule has 11 N–H and O–H groups in total. The Morgan fingerprint density at radius 3 is 2.74 bits per heavy atom. The molecule has 1 saturated heterocycles. The average molecular weight is 503 g/mol. The van der Waals surface area contributed by atoms with Gasteiger partial charge in [-0.1, -0.05) is 0 Å². The number of hydrogen-bond acceptors (Lipinski definition) is 11. The third-order valence-electron chi connectivity index (χ3n) is 4.97. The number of rotatable bonds is 11. The summed E-state index contributed by atoms with van der Waals surface area (Å²) in [5.74, 6) is -1.44. The summed E-state index contributed by atoms with van der Waals surface area (Å²) in [7, 11) is -4.64. The molecule has 0 aliphatic carbocycles. The number of aliphatic hydroxyl groups excluding tert-OH is 2. The molecule has 18 heteroatoms. The van der Waals surface area contributed by atoms with Crippen molar-refractivity contribution in [2.45, 2.75) is 43.4 Å². The fourth-order valence-corrected chi connectivity index (χ4v) is 4.37. The molecule has 0 saturated carbocycles. The highest BCUT2D eigenvalue weighted by Crippen LogP contribution is 2.40. The van der Waals surface area contributed by atoms with E-state index < -0.39 is 50.9 Å². The minimum absolute atomic E-state index is 0.0674. The Labute approximate surface area is 192 Å². The highest BCUT2D eigenvalue weighted by Gasteiger charge is 2.45. The molecule has 3 rings (SSSR count). The van der Waals surface area contributed by atoms with Gasteiger partial charge < -0.3 is 42.2 Å². The van der Waals surface area contributed by atoms with Crippen LogP contribution in [0.3, 0.4) is 0 Å². The molecule has 17 nitrogen and oxygen atoms in total. The van der Waals surface area contributed by atoms with Crippen LogP contribution in [-0.4, -0.2) is 89.2 Å². The van der Waals surface area contributed by atoms with E-state index in [4.69, 9.17) is 26.5 Å². The fourth-order valence-electron chi connectivity index (χ4n) is 3.31. The number of nitrogens with two attached hydrogens (primary N) is 3. The Bertz CT molecular complexity index is 1090. The number of anilines is 1. The normalized spacial score (nSPS) is 25.1. The number of carboxylic acid groups (broad SMARTS) is 1. The molecule has 2 aromatic heterocycles. The molecular weight excluding hydrogens is 477 g/mol. The van der Waals surface area contributed by atoms with Gasteiger partial charge in [0.25, 0.3) is 0 Å². The molecule has 1 unspecified atom stereocenters. The second kappa shape index (κ2) is 10.6. The third kappa shape index (κ3) is 5.95. The van der Waals surface area contributed by atoms with Gasteiger partial charge in [0, 0.05) is 6.54 Å². The number of nitrogens with zero attached hydrogens (tertiary/aromatic N) is 5. The molecule has 0 amide bonds. The monoisotopic (exact) mass is 503 g/mol. The van der Waals surface area contributed by atoms with Crippen molar-refractivity contribution < 1.29 is 38.8 Å². The van der Waals surface area contributed by atoms with Crippen molar-refractivity contribution in [3.8, 4) is 0 Å². The van der Waals surface area contributed by atoms with E-state index in [9.17, 15) is 29.6 Å². The van der Waals surface area contributed by atoms with Gasteiger partial charge in [0.2, 0.25) is 0 Å². The van der Waals surface area contributed by atoms with Crippen LogP contribution in [0.1, 0.15) is 19.1 Å². The Hall–Kier alpha value is -2.92. The number of hydrogen-bond donors (Lipinski definition) is 8. The highest BCUT2D eigenvalue weighted by atomic mass is 31.2. The number of aliphatic hydroxyl groups is 2. The molecule has 1 fully saturated rings. The summed E-state index contributed by atoms with van der Waals surface area (Å²) in [4.78, 5) is 37.1. The molecule has 0 aromatic carbocycles. The van der Waals surface area contributed by atoms with Crippen LogP contribution in [0.2, 0.25) is 0 Å². The van der Waals surface area contributed by atoms with Gasteiger partial charge in [-0.25, -0.2) is 24.6 Å². The molecule has 3 heterocycles. The summed E-state index contributed by atoms with van der Waals surface area (Å²) in [6, 6.07) is -1.43. The largest absolute Gasteiger partial charge is 0.480 e. The number of guanidine groups is 1. The van der Waals surface area contributed by atoms with Gasteiger partial charge in [-0.05, 0) is 12.8 Å². The summed E-state index contributed by atoms with van der Waals surface area (Å²) in [5, 5.41) is 32.1. The number of nitrogens with one attached hydrogen (secondary N) is 1. The average Bonchev–Trinajstić information content (AvgIpc) is 3.31. The number of carboxylic acids is 1. The Balaban J connectivity index is 1.61. The van der Waals surface area contributed by atoms with E-state index in [1.165, 1.54) is 17.2 Å². The number of fused-ring (bicyclic) bond motifs is 1. The zero-order valence-electron chi connectivity index (χ0n) is 17.7. The lowest BCUT2D eigenvalue weighted by molar-refractivity contribution is -0.139. The van der Waals surface area contributed by atoms with Crippen molar-refractivity contribution in [2.24, 2.45) is 16.5 Å². The number of carbonyl (C=O) groups is 1. The van der Waals surface area contributed by atoms with E-state index in [1.807, 2.05) is 5.09 Å². The molecule has 0 bridgehead atoms. The number of aliphatic imine (C=N–C) groups is 1. The molecular formula is C16H26N9O8P. The maximum Gasteiger partial charge on any atom is 0.403 e. The highest BCUT2D eigenvalue weighted by molar-refractivity contribution is 7.50. The van der Waals surface area contributed by atoms with E-state index in [0.29, 0.717) is 0 Å². The van der Waals surface area contributed by atoms with Crippen LogP contribution >= 0.6 is 7.75 Å². The summed E-state index contributed by atoms with van der Waals surface area (Å²) in [5.41, 5.74) is 16.6. The first-order valence-electron chi connectivity index (χ1n) is 9.98. The minimum Gasteiger partial charge on any atom is -0.480 e. The van der Waals surface area contributed by atoms with Gasteiger partial charge >= 0.3 is 13.7 Å². The fraction of sp³-hybridized carbons (Fsp3) is 0.562. The first kappa shape index (κ1) is 25.7. The van der Waals surface area contributed by atoms with Crippen molar-refractivity contribution >= 4 is 36.7 Å². The molecule has 1 aliphatic rings. The van der Waals surface area contributed by atoms with Crippen LogP contribution in [0.5, 0.6) is 0 Å². The smallest absolute Gasteiger partial charge is 0.403 e. The molecule has 0 spiro atoms. The molecule has 2 aromatic rings. The van der Waals surface area contributed by atoms with Crippen LogP contribution < -0.4 is 22.3 Å². The van der Waals surface area contributed by atoms with Gasteiger partial charge in [-0.15, -0.1) is 0 Å². The molecule has 6 atom stereocenters. The van der Waals surface area contributed by atoms with Gasteiger partial charge in [0.1, 0.15) is 36.2 Å². The van der Waals surface area contributed by atoms with Crippen molar-refractivity contribution in [2.75, 3.05) is 18.9 Å². The van der Waals surface area contributed by atoms with Crippen molar-refractivity contribution in [3.63, 3.8) is 0 Å². The van der Waals surface area contributed by atoms with Crippen molar-refractivity contribution in [1.29, 1.82) is 0 Å².